The highest BCUT2D eigenvalue weighted by atomic mass is 19.1. The highest BCUT2D eigenvalue weighted by Crippen LogP contribution is 2.38. The van der Waals surface area contributed by atoms with Crippen LogP contribution < -0.4 is 19.8 Å². The minimum absolute atomic E-state index is 0.0321. The van der Waals surface area contributed by atoms with Crippen LogP contribution >= 0.6 is 0 Å². The number of hydrogen-bond donors (Lipinski definition) is 0. The van der Waals surface area contributed by atoms with Crippen molar-refractivity contribution < 1.29 is 32.5 Å². The van der Waals surface area contributed by atoms with Crippen LogP contribution in [0.5, 0.6) is 23.0 Å². The van der Waals surface area contributed by atoms with E-state index in [1.165, 1.54) is 41.0 Å². The number of benzene rings is 3. The summed E-state index contributed by atoms with van der Waals surface area (Å²) in [5.41, 5.74) is 2.75. The first-order chi connectivity index (χ1) is 24.4. The van der Waals surface area contributed by atoms with Crippen LogP contribution in [0.15, 0.2) is 77.9 Å². The standard InChI is InChI=1S/C39H37F2N3O6/c1-47-36-22-30-32(23-37(36)49-17-3-14-43-15-18-48-19-16-43)42-13-12-34(30)50-35-11-6-25(20-31(35)41)21-33(45)38-29-5-2-4-26(29)24-44(39(38)46)28-9-7-27(40)8-10-28/h6-13,20,22-24H,2-5,14-19,21H2,1H3. The molecular formula is C39H37F2N3O6. The minimum Gasteiger partial charge on any atom is -0.493 e. The molecule has 1 saturated heterocycles. The van der Waals surface area contributed by atoms with Crippen LogP contribution in [0, 0.1) is 11.6 Å². The highest BCUT2D eigenvalue weighted by Gasteiger charge is 2.25. The summed E-state index contributed by atoms with van der Waals surface area (Å²) in [5, 5.41) is 0.610. The van der Waals surface area contributed by atoms with Gasteiger partial charge in [-0.3, -0.25) is 24.0 Å². The van der Waals surface area contributed by atoms with Gasteiger partial charge >= 0.3 is 0 Å². The highest BCUT2D eigenvalue weighted by molar-refractivity contribution is 5.99. The number of carbonyl (C=O) groups is 1. The third-order valence-electron chi connectivity index (χ3n) is 9.21. The van der Waals surface area contributed by atoms with Gasteiger partial charge in [0.1, 0.15) is 11.6 Å². The zero-order valence-electron chi connectivity index (χ0n) is 27.8. The fraction of sp³-hybridized carbons (Fsp3) is 0.308. The molecule has 0 bridgehead atoms. The fourth-order valence-electron chi connectivity index (χ4n) is 6.65. The van der Waals surface area contributed by atoms with E-state index in [0.717, 1.165) is 63.2 Å². The Bertz CT molecular complexity index is 2090. The van der Waals surface area contributed by atoms with Crippen molar-refractivity contribution in [2.75, 3.05) is 46.6 Å². The molecule has 11 heteroatoms. The number of carbonyl (C=O) groups excluding carboxylic acids is 1. The van der Waals surface area contributed by atoms with Crippen molar-refractivity contribution in [2.45, 2.75) is 32.1 Å². The number of aryl methyl sites for hydroxylation is 1. The maximum absolute atomic E-state index is 15.5. The Morgan fingerprint density at radius 3 is 2.54 bits per heavy atom. The Morgan fingerprint density at radius 1 is 0.940 bits per heavy atom. The monoisotopic (exact) mass is 681 g/mol. The molecule has 0 radical (unpaired) electrons. The van der Waals surface area contributed by atoms with E-state index in [2.05, 4.69) is 9.88 Å². The summed E-state index contributed by atoms with van der Waals surface area (Å²) in [5.74, 6) is -0.0808. The summed E-state index contributed by atoms with van der Waals surface area (Å²) in [6.07, 6.45) is 6.16. The number of hydrogen-bond acceptors (Lipinski definition) is 8. The van der Waals surface area contributed by atoms with Crippen LogP contribution in [0.4, 0.5) is 8.78 Å². The molecule has 0 saturated carbocycles. The molecule has 0 amide bonds. The van der Waals surface area contributed by atoms with Gasteiger partial charge in [-0.1, -0.05) is 6.07 Å². The lowest BCUT2D eigenvalue weighted by atomic mass is 9.97. The van der Waals surface area contributed by atoms with E-state index in [-0.39, 0.29) is 17.7 Å². The summed E-state index contributed by atoms with van der Waals surface area (Å²) in [7, 11) is 1.56. The average Bonchev–Trinajstić information content (AvgIpc) is 3.59. The van der Waals surface area contributed by atoms with Gasteiger partial charge in [-0.2, -0.15) is 0 Å². The van der Waals surface area contributed by atoms with E-state index in [0.29, 0.717) is 52.4 Å². The quantitative estimate of drug-likeness (QED) is 0.109. The molecule has 9 nitrogen and oxygen atoms in total. The van der Waals surface area contributed by atoms with E-state index in [9.17, 15) is 14.0 Å². The Kier molecular flexibility index (Phi) is 9.86. The van der Waals surface area contributed by atoms with Crippen LogP contribution in [0.1, 0.15) is 39.9 Å². The van der Waals surface area contributed by atoms with Crippen LogP contribution in [-0.2, 0) is 24.0 Å². The van der Waals surface area contributed by atoms with Crippen molar-refractivity contribution in [2.24, 2.45) is 0 Å². The first-order valence-corrected chi connectivity index (χ1v) is 16.8. The molecular weight excluding hydrogens is 644 g/mol. The molecule has 7 rings (SSSR count). The van der Waals surface area contributed by atoms with E-state index >= 15 is 4.39 Å². The molecule has 50 heavy (non-hydrogen) atoms. The topological polar surface area (TPSA) is 92.1 Å². The number of aromatic nitrogens is 2. The predicted octanol–water partition coefficient (Wildman–Crippen LogP) is 6.48. The lowest BCUT2D eigenvalue weighted by Gasteiger charge is -2.26. The molecule has 258 valence electrons. The summed E-state index contributed by atoms with van der Waals surface area (Å²) >= 11 is 0. The zero-order valence-corrected chi connectivity index (χ0v) is 27.8. The first kappa shape index (κ1) is 33.4. The first-order valence-electron chi connectivity index (χ1n) is 16.8. The molecule has 3 aromatic carbocycles. The molecule has 3 heterocycles. The number of pyridine rings is 2. The second-order valence-electron chi connectivity index (χ2n) is 12.5. The van der Waals surface area contributed by atoms with Crippen LogP contribution in [0.25, 0.3) is 16.6 Å². The molecule has 2 aliphatic rings. The molecule has 0 spiro atoms. The van der Waals surface area contributed by atoms with Gasteiger partial charge < -0.3 is 18.9 Å². The number of methoxy groups -OCH3 is 1. The number of nitrogens with zero attached hydrogens (tertiary/aromatic N) is 3. The Labute approximate surface area is 288 Å². The maximum atomic E-state index is 15.5. The van der Waals surface area contributed by atoms with Crippen molar-refractivity contribution in [1.82, 2.24) is 14.5 Å². The van der Waals surface area contributed by atoms with E-state index < -0.39 is 23.0 Å². The summed E-state index contributed by atoms with van der Waals surface area (Å²) in [4.78, 5) is 34.1. The number of ketones is 1. The molecule has 2 aromatic heterocycles. The van der Waals surface area contributed by atoms with Crippen molar-refractivity contribution in [3.63, 3.8) is 0 Å². The van der Waals surface area contributed by atoms with Gasteiger partial charge in [0, 0.05) is 55.6 Å². The average molecular weight is 682 g/mol. The lowest BCUT2D eigenvalue weighted by molar-refractivity contribution is 0.0357. The van der Waals surface area contributed by atoms with Gasteiger partial charge in [0.15, 0.2) is 28.8 Å². The second kappa shape index (κ2) is 14.8. The number of ether oxygens (including phenoxy) is 4. The molecule has 1 aliphatic carbocycles. The number of halogens is 2. The number of morpholine rings is 1. The summed E-state index contributed by atoms with van der Waals surface area (Å²) in [6.45, 7) is 4.77. The largest absolute Gasteiger partial charge is 0.493 e. The van der Waals surface area contributed by atoms with Gasteiger partial charge in [-0.05, 0) is 90.9 Å². The number of Topliss-reactive ketones (excluding diaryl/α,β-unsaturated/α-hetero) is 1. The van der Waals surface area contributed by atoms with Crippen LogP contribution in [0.2, 0.25) is 0 Å². The maximum Gasteiger partial charge on any atom is 0.266 e. The van der Waals surface area contributed by atoms with Gasteiger partial charge in [-0.15, -0.1) is 0 Å². The fourth-order valence-corrected chi connectivity index (χ4v) is 6.65. The molecule has 0 N–H and O–H groups in total. The van der Waals surface area contributed by atoms with Crippen molar-refractivity contribution in [1.29, 1.82) is 0 Å². The third-order valence-corrected chi connectivity index (χ3v) is 9.21. The van der Waals surface area contributed by atoms with Crippen LogP contribution in [-0.4, -0.2) is 66.8 Å². The Hall–Kier alpha value is -5.13. The van der Waals surface area contributed by atoms with E-state index in [1.54, 1.807) is 43.8 Å². The molecule has 0 atom stereocenters. The summed E-state index contributed by atoms with van der Waals surface area (Å²) < 4.78 is 53.6. The minimum atomic E-state index is -0.658. The number of fused-ring (bicyclic) bond motifs is 2. The SMILES string of the molecule is COc1cc2c(Oc3ccc(CC(=O)c4c5c(cn(-c6ccc(F)cc6)c4=O)CCC5)cc3F)ccnc2cc1OCCCN1CCOCC1. The van der Waals surface area contributed by atoms with E-state index in [1.807, 2.05) is 0 Å². The molecule has 1 fully saturated rings. The molecule has 1 aliphatic heterocycles. The van der Waals surface area contributed by atoms with E-state index in [4.69, 9.17) is 18.9 Å². The number of rotatable bonds is 12. The van der Waals surface area contributed by atoms with Crippen LogP contribution in [0.3, 0.4) is 0 Å². The van der Waals surface area contributed by atoms with Crippen molar-refractivity contribution in [3.8, 4) is 28.7 Å². The smallest absolute Gasteiger partial charge is 0.266 e. The Morgan fingerprint density at radius 2 is 1.76 bits per heavy atom. The Balaban J connectivity index is 1.07. The lowest BCUT2D eigenvalue weighted by Crippen LogP contribution is -2.37. The van der Waals surface area contributed by atoms with Gasteiger partial charge in [0.25, 0.3) is 5.56 Å². The normalized spacial score (nSPS) is 14.5. The van der Waals surface area contributed by atoms with Crippen molar-refractivity contribution >= 4 is 16.7 Å². The third kappa shape index (κ3) is 7.10. The van der Waals surface area contributed by atoms with Crippen molar-refractivity contribution in [3.05, 3.63) is 117 Å². The summed E-state index contributed by atoms with van der Waals surface area (Å²) in [6, 6.07) is 15.1. The molecule has 5 aromatic rings. The van der Waals surface area contributed by atoms with Gasteiger partial charge in [0.2, 0.25) is 0 Å². The molecule has 0 unspecified atom stereocenters. The second-order valence-corrected chi connectivity index (χ2v) is 12.5. The van der Waals surface area contributed by atoms with Gasteiger partial charge in [-0.25, -0.2) is 8.78 Å². The van der Waals surface area contributed by atoms with Gasteiger partial charge in [0.05, 0.1) is 38.0 Å². The predicted molar refractivity (Wildman–Crippen MR) is 184 cm³/mol. The zero-order chi connectivity index (χ0) is 34.6.